The van der Waals surface area contributed by atoms with E-state index in [2.05, 4.69) is 33.8 Å². The summed E-state index contributed by atoms with van der Waals surface area (Å²) >= 11 is 3.54. The van der Waals surface area contributed by atoms with Crippen molar-refractivity contribution in [2.45, 2.75) is 32.7 Å². The molecule has 0 bridgehead atoms. The van der Waals surface area contributed by atoms with Gasteiger partial charge in [0.05, 0.1) is 17.0 Å². The number of benzene rings is 1. The molecular weight excluding hydrogens is 334 g/mol. The zero-order valence-electron chi connectivity index (χ0n) is 12.3. The molecule has 0 amide bonds. The van der Waals surface area contributed by atoms with Gasteiger partial charge in [0, 0.05) is 19.6 Å². The Labute approximate surface area is 134 Å². The van der Waals surface area contributed by atoms with E-state index in [0.717, 1.165) is 29.8 Å². The Morgan fingerprint density at radius 2 is 2.19 bits per heavy atom. The monoisotopic (exact) mass is 355 g/mol. The second-order valence-electron chi connectivity index (χ2n) is 5.55. The summed E-state index contributed by atoms with van der Waals surface area (Å²) in [6.07, 6.45) is 3.46. The molecule has 5 heteroatoms. The lowest BCUT2D eigenvalue weighted by Crippen LogP contribution is -2.49. The highest BCUT2D eigenvalue weighted by Crippen LogP contribution is 2.28. The molecule has 116 valence electrons. The Morgan fingerprint density at radius 3 is 2.81 bits per heavy atom. The van der Waals surface area contributed by atoms with Gasteiger partial charge in [-0.2, -0.15) is 0 Å². The maximum Gasteiger partial charge on any atom is 0.309 e. The van der Waals surface area contributed by atoms with Gasteiger partial charge in [0.1, 0.15) is 5.75 Å². The average molecular weight is 356 g/mol. The van der Waals surface area contributed by atoms with Crippen LogP contribution in [-0.4, -0.2) is 35.7 Å². The van der Waals surface area contributed by atoms with Crippen LogP contribution >= 0.6 is 15.9 Å². The smallest absolute Gasteiger partial charge is 0.309 e. The fourth-order valence-corrected chi connectivity index (χ4v) is 2.95. The standard InChI is InChI=1S/C16H22BrNO3/c1-2-3-4-7-21-15-6-5-12(8-14(15)17)9-18-10-13(11-18)16(19)20/h5-6,8,13H,2-4,7,9-11H2,1H3,(H,19,20). The minimum absolute atomic E-state index is 0.199. The van der Waals surface area contributed by atoms with E-state index < -0.39 is 5.97 Å². The van der Waals surface area contributed by atoms with Crippen LogP contribution in [0.3, 0.4) is 0 Å². The van der Waals surface area contributed by atoms with E-state index in [9.17, 15) is 4.79 Å². The molecule has 21 heavy (non-hydrogen) atoms. The van der Waals surface area contributed by atoms with Crippen molar-refractivity contribution in [1.82, 2.24) is 4.90 Å². The third kappa shape index (κ3) is 4.71. The third-order valence-corrected chi connectivity index (χ3v) is 4.33. The molecule has 0 atom stereocenters. The first kappa shape index (κ1) is 16.3. The summed E-state index contributed by atoms with van der Waals surface area (Å²) in [5.74, 6) is -0.0141. The number of hydrogen-bond donors (Lipinski definition) is 1. The molecule has 1 aliphatic heterocycles. The van der Waals surface area contributed by atoms with Crippen LogP contribution in [0.4, 0.5) is 0 Å². The van der Waals surface area contributed by atoms with E-state index in [1.54, 1.807) is 0 Å². The number of unbranched alkanes of at least 4 members (excludes halogenated alkanes) is 2. The van der Waals surface area contributed by atoms with Gasteiger partial charge in [0.15, 0.2) is 0 Å². The van der Waals surface area contributed by atoms with Gasteiger partial charge < -0.3 is 9.84 Å². The average Bonchev–Trinajstić information content (AvgIpc) is 2.40. The molecule has 0 radical (unpaired) electrons. The zero-order valence-corrected chi connectivity index (χ0v) is 13.9. The molecule has 1 aromatic carbocycles. The van der Waals surface area contributed by atoms with Crippen molar-refractivity contribution in [2.75, 3.05) is 19.7 Å². The number of ether oxygens (including phenoxy) is 1. The summed E-state index contributed by atoms with van der Waals surface area (Å²) in [6, 6.07) is 6.09. The molecule has 1 fully saturated rings. The molecule has 1 heterocycles. The number of hydrogen-bond acceptors (Lipinski definition) is 3. The molecule has 0 saturated carbocycles. The highest BCUT2D eigenvalue weighted by atomic mass is 79.9. The van der Waals surface area contributed by atoms with Crippen LogP contribution in [-0.2, 0) is 11.3 Å². The lowest BCUT2D eigenvalue weighted by molar-refractivity contribution is -0.147. The number of carboxylic acids is 1. The van der Waals surface area contributed by atoms with Crippen LogP contribution in [0.15, 0.2) is 22.7 Å². The van der Waals surface area contributed by atoms with Gasteiger partial charge in [0.2, 0.25) is 0 Å². The molecule has 0 aromatic heterocycles. The highest BCUT2D eigenvalue weighted by Gasteiger charge is 2.32. The summed E-state index contributed by atoms with van der Waals surface area (Å²) in [4.78, 5) is 12.9. The second kappa shape index (κ2) is 7.80. The van der Waals surface area contributed by atoms with Gasteiger partial charge in [-0.15, -0.1) is 0 Å². The maximum absolute atomic E-state index is 10.8. The van der Waals surface area contributed by atoms with Crippen LogP contribution in [0.1, 0.15) is 31.7 Å². The fourth-order valence-electron chi connectivity index (χ4n) is 2.41. The normalized spacial score (nSPS) is 15.7. The van der Waals surface area contributed by atoms with Gasteiger partial charge in [-0.05, 0) is 40.0 Å². The van der Waals surface area contributed by atoms with Crippen LogP contribution < -0.4 is 4.74 Å². The first-order valence-electron chi connectivity index (χ1n) is 7.46. The Balaban J connectivity index is 1.80. The topological polar surface area (TPSA) is 49.8 Å². The Bertz CT molecular complexity index is 486. The predicted octanol–water partition coefficient (Wildman–Crippen LogP) is 3.53. The van der Waals surface area contributed by atoms with Crippen molar-refractivity contribution in [1.29, 1.82) is 0 Å². The molecule has 4 nitrogen and oxygen atoms in total. The molecule has 0 unspecified atom stereocenters. The number of halogens is 1. The number of likely N-dealkylation sites (tertiary alicyclic amines) is 1. The van der Waals surface area contributed by atoms with Crippen LogP contribution in [0.25, 0.3) is 0 Å². The quantitative estimate of drug-likeness (QED) is 0.724. The van der Waals surface area contributed by atoms with E-state index in [0.29, 0.717) is 13.1 Å². The largest absolute Gasteiger partial charge is 0.492 e. The van der Waals surface area contributed by atoms with Crippen LogP contribution in [0.2, 0.25) is 0 Å². The number of carbonyl (C=O) groups is 1. The van der Waals surface area contributed by atoms with E-state index in [1.807, 2.05) is 12.1 Å². The Hall–Kier alpha value is -1.07. The summed E-state index contributed by atoms with van der Waals surface area (Å²) in [5.41, 5.74) is 1.17. The van der Waals surface area contributed by atoms with E-state index in [4.69, 9.17) is 9.84 Å². The van der Waals surface area contributed by atoms with E-state index in [-0.39, 0.29) is 5.92 Å². The van der Waals surface area contributed by atoms with E-state index in [1.165, 1.54) is 18.4 Å². The minimum Gasteiger partial charge on any atom is -0.492 e. The highest BCUT2D eigenvalue weighted by molar-refractivity contribution is 9.10. The lowest BCUT2D eigenvalue weighted by atomic mass is 10.00. The second-order valence-corrected chi connectivity index (χ2v) is 6.40. The summed E-state index contributed by atoms with van der Waals surface area (Å²) in [6.45, 7) is 5.00. The van der Waals surface area contributed by atoms with Crippen molar-refractivity contribution >= 4 is 21.9 Å². The lowest BCUT2D eigenvalue weighted by Gasteiger charge is -2.36. The molecule has 0 aliphatic carbocycles. The first-order valence-corrected chi connectivity index (χ1v) is 8.26. The Morgan fingerprint density at radius 1 is 1.43 bits per heavy atom. The van der Waals surface area contributed by atoms with Gasteiger partial charge in [0.25, 0.3) is 0 Å². The summed E-state index contributed by atoms with van der Waals surface area (Å²) in [5, 5.41) is 8.87. The fraction of sp³-hybridized carbons (Fsp3) is 0.562. The van der Waals surface area contributed by atoms with Crippen molar-refractivity contribution in [3.63, 3.8) is 0 Å². The first-order chi connectivity index (χ1) is 10.1. The van der Waals surface area contributed by atoms with Gasteiger partial charge in [-0.25, -0.2) is 0 Å². The zero-order chi connectivity index (χ0) is 15.2. The summed E-state index contributed by atoms with van der Waals surface area (Å²) in [7, 11) is 0. The molecule has 1 N–H and O–H groups in total. The molecule has 1 aliphatic rings. The van der Waals surface area contributed by atoms with Gasteiger partial charge >= 0.3 is 5.97 Å². The van der Waals surface area contributed by atoms with Crippen molar-refractivity contribution in [3.05, 3.63) is 28.2 Å². The van der Waals surface area contributed by atoms with Crippen molar-refractivity contribution < 1.29 is 14.6 Å². The van der Waals surface area contributed by atoms with Gasteiger partial charge in [-0.1, -0.05) is 25.8 Å². The number of rotatable bonds is 8. The van der Waals surface area contributed by atoms with Crippen LogP contribution in [0.5, 0.6) is 5.75 Å². The minimum atomic E-state index is -0.691. The van der Waals surface area contributed by atoms with Crippen molar-refractivity contribution in [2.24, 2.45) is 5.92 Å². The predicted molar refractivity (Wildman–Crippen MR) is 85.6 cm³/mol. The molecule has 1 saturated heterocycles. The third-order valence-electron chi connectivity index (χ3n) is 3.71. The molecule has 1 aromatic rings. The van der Waals surface area contributed by atoms with Gasteiger partial charge in [-0.3, -0.25) is 9.69 Å². The van der Waals surface area contributed by atoms with E-state index >= 15 is 0 Å². The number of aliphatic carboxylic acids is 1. The molecular formula is C16H22BrNO3. The number of nitrogens with zero attached hydrogens (tertiary/aromatic N) is 1. The number of carboxylic acid groups (broad SMARTS) is 1. The molecule has 0 spiro atoms. The maximum atomic E-state index is 10.8. The molecule has 2 rings (SSSR count). The van der Waals surface area contributed by atoms with Crippen molar-refractivity contribution in [3.8, 4) is 5.75 Å². The SMILES string of the molecule is CCCCCOc1ccc(CN2CC(C(=O)O)C2)cc1Br. The summed E-state index contributed by atoms with van der Waals surface area (Å²) < 4.78 is 6.71. The Kier molecular flexibility index (Phi) is 6.06. The van der Waals surface area contributed by atoms with Crippen LogP contribution in [0, 0.1) is 5.92 Å².